The lowest BCUT2D eigenvalue weighted by Crippen LogP contribution is -2.26. The zero-order valence-electron chi connectivity index (χ0n) is 12.3. The van der Waals surface area contributed by atoms with Crippen LogP contribution < -0.4 is 0 Å². The standard InChI is InChI=1S/C15H20N2O2S/c1-5-15(3,4)17-13-10(2)7-6-8-11(13)16-14(17)20-9-12(18)19/h6-8H,5,9H2,1-4H3,(H,18,19). The number of aromatic nitrogens is 2. The maximum absolute atomic E-state index is 10.8. The van der Waals surface area contributed by atoms with E-state index in [1.54, 1.807) is 0 Å². The van der Waals surface area contributed by atoms with Crippen molar-refractivity contribution >= 4 is 28.8 Å². The lowest BCUT2D eigenvalue weighted by atomic mass is 10.0. The van der Waals surface area contributed by atoms with Crippen LogP contribution in [0.3, 0.4) is 0 Å². The molecule has 0 amide bonds. The van der Waals surface area contributed by atoms with Crippen molar-refractivity contribution in [3.63, 3.8) is 0 Å². The SMILES string of the molecule is CCC(C)(C)n1c(SCC(=O)O)nc2cccc(C)c21. The Morgan fingerprint density at radius 3 is 2.75 bits per heavy atom. The van der Waals surface area contributed by atoms with Crippen molar-refractivity contribution in [1.29, 1.82) is 0 Å². The van der Waals surface area contributed by atoms with Crippen LogP contribution in [0.15, 0.2) is 23.4 Å². The molecule has 5 heteroatoms. The van der Waals surface area contributed by atoms with E-state index in [0.717, 1.165) is 22.6 Å². The van der Waals surface area contributed by atoms with Gasteiger partial charge < -0.3 is 9.67 Å². The summed E-state index contributed by atoms with van der Waals surface area (Å²) in [6.45, 7) is 8.52. The number of carbonyl (C=O) groups is 1. The number of imidazole rings is 1. The molecular weight excluding hydrogens is 272 g/mol. The first-order valence-electron chi connectivity index (χ1n) is 6.70. The Hall–Kier alpha value is -1.49. The zero-order chi connectivity index (χ0) is 14.9. The molecule has 0 aliphatic heterocycles. The minimum absolute atomic E-state index is 0.0299. The van der Waals surface area contributed by atoms with Gasteiger partial charge in [0.2, 0.25) is 0 Å². The van der Waals surface area contributed by atoms with Crippen molar-refractivity contribution in [3.8, 4) is 0 Å². The minimum atomic E-state index is -0.820. The quantitative estimate of drug-likeness (QED) is 0.854. The molecule has 2 aromatic rings. The number of benzene rings is 1. The van der Waals surface area contributed by atoms with Crippen LogP contribution in [0.5, 0.6) is 0 Å². The van der Waals surface area contributed by atoms with Crippen LogP contribution in [-0.4, -0.2) is 26.4 Å². The van der Waals surface area contributed by atoms with Gasteiger partial charge in [0, 0.05) is 5.54 Å². The van der Waals surface area contributed by atoms with E-state index in [-0.39, 0.29) is 11.3 Å². The van der Waals surface area contributed by atoms with Crippen molar-refractivity contribution < 1.29 is 9.90 Å². The number of aryl methyl sites for hydroxylation is 1. The molecular formula is C15H20N2O2S. The summed E-state index contributed by atoms with van der Waals surface area (Å²) >= 11 is 1.28. The van der Waals surface area contributed by atoms with Crippen LogP contribution in [-0.2, 0) is 10.3 Å². The van der Waals surface area contributed by atoms with Crippen molar-refractivity contribution in [3.05, 3.63) is 23.8 Å². The monoisotopic (exact) mass is 292 g/mol. The van der Waals surface area contributed by atoms with E-state index in [4.69, 9.17) is 5.11 Å². The molecule has 0 bridgehead atoms. The van der Waals surface area contributed by atoms with Crippen molar-refractivity contribution in [1.82, 2.24) is 9.55 Å². The normalized spacial score (nSPS) is 12.0. The molecule has 0 saturated heterocycles. The summed E-state index contributed by atoms with van der Waals surface area (Å²) in [5.74, 6) is -0.790. The molecule has 0 aliphatic rings. The summed E-state index contributed by atoms with van der Waals surface area (Å²) in [5, 5.41) is 9.68. The third kappa shape index (κ3) is 2.68. The van der Waals surface area contributed by atoms with E-state index in [0.29, 0.717) is 0 Å². The molecule has 2 rings (SSSR count). The minimum Gasteiger partial charge on any atom is -0.481 e. The lowest BCUT2D eigenvalue weighted by molar-refractivity contribution is -0.133. The fourth-order valence-corrected chi connectivity index (χ4v) is 3.10. The van der Waals surface area contributed by atoms with Gasteiger partial charge in [0.25, 0.3) is 0 Å². The summed E-state index contributed by atoms with van der Waals surface area (Å²) in [7, 11) is 0. The number of hydrogen-bond donors (Lipinski definition) is 1. The summed E-state index contributed by atoms with van der Waals surface area (Å²) in [5.41, 5.74) is 3.10. The zero-order valence-corrected chi connectivity index (χ0v) is 13.1. The number of rotatable bonds is 5. The molecule has 0 saturated carbocycles. The van der Waals surface area contributed by atoms with Gasteiger partial charge in [0.15, 0.2) is 5.16 Å². The highest BCUT2D eigenvalue weighted by atomic mass is 32.2. The highest BCUT2D eigenvalue weighted by molar-refractivity contribution is 7.99. The molecule has 1 aromatic heterocycles. The van der Waals surface area contributed by atoms with Crippen molar-refractivity contribution in [2.24, 2.45) is 0 Å². The smallest absolute Gasteiger partial charge is 0.313 e. The van der Waals surface area contributed by atoms with E-state index >= 15 is 0 Å². The van der Waals surface area contributed by atoms with Crippen LogP contribution in [0, 0.1) is 6.92 Å². The fraction of sp³-hybridized carbons (Fsp3) is 0.467. The maximum atomic E-state index is 10.8. The maximum Gasteiger partial charge on any atom is 0.313 e. The van der Waals surface area contributed by atoms with Gasteiger partial charge in [0.1, 0.15) is 0 Å². The van der Waals surface area contributed by atoms with Gasteiger partial charge in [-0.25, -0.2) is 4.98 Å². The Kier molecular flexibility index (Phi) is 4.09. The number of para-hydroxylation sites is 1. The number of nitrogens with zero attached hydrogens (tertiary/aromatic N) is 2. The number of carboxylic acids is 1. The second-order valence-electron chi connectivity index (χ2n) is 5.52. The Bertz CT molecular complexity index is 647. The summed E-state index contributed by atoms with van der Waals surface area (Å²) in [4.78, 5) is 15.4. The highest BCUT2D eigenvalue weighted by Crippen LogP contribution is 2.33. The molecule has 0 atom stereocenters. The van der Waals surface area contributed by atoms with Crippen LogP contribution >= 0.6 is 11.8 Å². The van der Waals surface area contributed by atoms with Gasteiger partial charge in [-0.3, -0.25) is 4.79 Å². The number of hydrogen-bond acceptors (Lipinski definition) is 3. The van der Waals surface area contributed by atoms with Crippen LogP contribution in [0.1, 0.15) is 32.8 Å². The number of fused-ring (bicyclic) bond motifs is 1. The van der Waals surface area contributed by atoms with Gasteiger partial charge in [-0.1, -0.05) is 30.8 Å². The second kappa shape index (κ2) is 5.48. The topological polar surface area (TPSA) is 55.1 Å². The van der Waals surface area contributed by atoms with Crippen LogP contribution in [0.2, 0.25) is 0 Å². The highest BCUT2D eigenvalue weighted by Gasteiger charge is 2.25. The van der Waals surface area contributed by atoms with E-state index in [9.17, 15) is 4.79 Å². The van der Waals surface area contributed by atoms with Crippen LogP contribution in [0.25, 0.3) is 11.0 Å². The number of aliphatic carboxylic acids is 1. The van der Waals surface area contributed by atoms with E-state index in [1.807, 2.05) is 12.1 Å². The average Bonchev–Trinajstić information content (AvgIpc) is 2.77. The number of carboxylic acid groups (broad SMARTS) is 1. The van der Waals surface area contributed by atoms with Crippen molar-refractivity contribution in [2.45, 2.75) is 44.8 Å². The molecule has 4 nitrogen and oxygen atoms in total. The van der Waals surface area contributed by atoms with E-state index < -0.39 is 5.97 Å². The first kappa shape index (κ1) is 14.9. The molecule has 0 radical (unpaired) electrons. The van der Waals surface area contributed by atoms with Gasteiger partial charge in [0.05, 0.1) is 16.8 Å². The Morgan fingerprint density at radius 2 is 2.15 bits per heavy atom. The third-order valence-corrected chi connectivity index (χ3v) is 4.57. The molecule has 1 N–H and O–H groups in total. The average molecular weight is 292 g/mol. The molecule has 0 aliphatic carbocycles. The molecule has 0 fully saturated rings. The van der Waals surface area contributed by atoms with Crippen LogP contribution in [0.4, 0.5) is 0 Å². The van der Waals surface area contributed by atoms with Crippen molar-refractivity contribution in [2.75, 3.05) is 5.75 Å². The summed E-state index contributed by atoms with van der Waals surface area (Å²) in [6, 6.07) is 6.03. The second-order valence-corrected chi connectivity index (χ2v) is 6.46. The largest absolute Gasteiger partial charge is 0.481 e. The van der Waals surface area contributed by atoms with E-state index in [2.05, 4.69) is 43.3 Å². The predicted octanol–water partition coefficient (Wildman–Crippen LogP) is 3.67. The molecule has 0 spiro atoms. The van der Waals surface area contributed by atoms with Gasteiger partial charge in [-0.05, 0) is 38.8 Å². The first-order chi connectivity index (χ1) is 9.36. The molecule has 1 heterocycles. The molecule has 0 unspecified atom stereocenters. The first-order valence-corrected chi connectivity index (χ1v) is 7.68. The Balaban J connectivity index is 2.64. The fourth-order valence-electron chi connectivity index (χ4n) is 2.22. The Labute approximate surface area is 123 Å². The summed E-state index contributed by atoms with van der Waals surface area (Å²) in [6.07, 6.45) is 0.952. The number of thioether (sulfide) groups is 1. The Morgan fingerprint density at radius 1 is 1.45 bits per heavy atom. The van der Waals surface area contributed by atoms with Gasteiger partial charge >= 0.3 is 5.97 Å². The predicted molar refractivity (Wildman–Crippen MR) is 82.4 cm³/mol. The van der Waals surface area contributed by atoms with E-state index in [1.165, 1.54) is 17.3 Å². The lowest BCUT2D eigenvalue weighted by Gasteiger charge is -2.28. The third-order valence-electron chi connectivity index (χ3n) is 3.64. The summed E-state index contributed by atoms with van der Waals surface area (Å²) < 4.78 is 2.19. The molecule has 108 valence electrons. The molecule has 1 aromatic carbocycles. The molecule has 20 heavy (non-hydrogen) atoms. The van der Waals surface area contributed by atoms with Gasteiger partial charge in [-0.15, -0.1) is 0 Å². The van der Waals surface area contributed by atoms with Gasteiger partial charge in [-0.2, -0.15) is 0 Å².